The molecule has 0 aromatic carbocycles. The van der Waals surface area contributed by atoms with Crippen molar-refractivity contribution in [2.45, 2.75) is 50.5 Å². The van der Waals surface area contributed by atoms with Crippen molar-refractivity contribution in [1.82, 2.24) is 15.2 Å². The monoisotopic (exact) mass is 301 g/mol. The van der Waals surface area contributed by atoms with E-state index in [-0.39, 0.29) is 18.1 Å². The van der Waals surface area contributed by atoms with Crippen LogP contribution in [0.25, 0.3) is 0 Å². The minimum atomic E-state index is -0.284. The van der Waals surface area contributed by atoms with Crippen LogP contribution in [0.4, 0.5) is 0 Å². The number of hydrogen-bond donors (Lipinski definition) is 1. The van der Waals surface area contributed by atoms with Crippen LogP contribution >= 0.6 is 0 Å². The summed E-state index contributed by atoms with van der Waals surface area (Å²) in [6.07, 6.45) is 8.16. The van der Waals surface area contributed by atoms with Gasteiger partial charge in [-0.25, -0.2) is 0 Å². The van der Waals surface area contributed by atoms with Gasteiger partial charge < -0.3 is 10.1 Å². The Balaban J connectivity index is 1.29. The smallest absolute Gasteiger partial charge is 0.249 e. The van der Waals surface area contributed by atoms with Crippen molar-refractivity contribution in [1.29, 1.82) is 0 Å². The molecule has 0 bridgehead atoms. The van der Waals surface area contributed by atoms with Gasteiger partial charge in [0.25, 0.3) is 0 Å². The molecular weight excluding hydrogens is 278 g/mol. The van der Waals surface area contributed by atoms with Gasteiger partial charge in [-0.3, -0.25) is 14.7 Å². The number of carbonyl (C=O) groups excluding carboxylic acids is 1. The van der Waals surface area contributed by atoms with E-state index in [1.54, 1.807) is 12.4 Å². The lowest BCUT2D eigenvalue weighted by molar-refractivity contribution is -0.132. The van der Waals surface area contributed by atoms with E-state index in [1.165, 1.54) is 19.4 Å². The average molecular weight is 301 g/mol. The Morgan fingerprint density at radius 3 is 3.09 bits per heavy atom. The van der Waals surface area contributed by atoms with Crippen molar-refractivity contribution in [2.24, 2.45) is 5.92 Å². The van der Waals surface area contributed by atoms with Gasteiger partial charge in [0.05, 0.1) is 6.10 Å². The molecule has 3 aliphatic rings. The SMILES string of the molecule is O=C(NCc1cccnc1)[C@H]1C[C@H]2[C@H](CCN2CC2CC2)O1. The maximum atomic E-state index is 12.3. The van der Waals surface area contributed by atoms with Crippen molar-refractivity contribution in [2.75, 3.05) is 13.1 Å². The largest absolute Gasteiger partial charge is 0.363 e. The van der Waals surface area contributed by atoms with Gasteiger partial charge in [0.2, 0.25) is 5.91 Å². The summed E-state index contributed by atoms with van der Waals surface area (Å²) < 4.78 is 6.00. The van der Waals surface area contributed by atoms with Crippen molar-refractivity contribution < 1.29 is 9.53 Å². The van der Waals surface area contributed by atoms with Gasteiger partial charge in [-0.1, -0.05) is 6.07 Å². The Morgan fingerprint density at radius 2 is 2.32 bits per heavy atom. The fourth-order valence-corrected chi connectivity index (χ4v) is 3.67. The average Bonchev–Trinajstić information content (AvgIpc) is 3.13. The van der Waals surface area contributed by atoms with Crippen molar-refractivity contribution in [3.05, 3.63) is 30.1 Å². The second-order valence-corrected chi connectivity index (χ2v) is 6.77. The zero-order valence-corrected chi connectivity index (χ0v) is 12.8. The first-order valence-electron chi connectivity index (χ1n) is 8.36. The number of fused-ring (bicyclic) bond motifs is 1. The van der Waals surface area contributed by atoms with E-state index < -0.39 is 0 Å². The highest BCUT2D eigenvalue weighted by molar-refractivity contribution is 5.81. The van der Waals surface area contributed by atoms with E-state index in [9.17, 15) is 4.79 Å². The topological polar surface area (TPSA) is 54.5 Å². The van der Waals surface area contributed by atoms with E-state index in [1.807, 2.05) is 12.1 Å². The molecule has 3 fully saturated rings. The summed E-state index contributed by atoms with van der Waals surface area (Å²) in [7, 11) is 0. The lowest BCUT2D eigenvalue weighted by Crippen LogP contribution is -2.37. The molecule has 1 aromatic heterocycles. The van der Waals surface area contributed by atoms with Crippen LogP contribution < -0.4 is 5.32 Å². The highest BCUT2D eigenvalue weighted by Gasteiger charge is 2.46. The molecule has 0 unspecified atom stereocenters. The fourth-order valence-electron chi connectivity index (χ4n) is 3.67. The van der Waals surface area contributed by atoms with Crippen LogP contribution in [0.5, 0.6) is 0 Å². The highest BCUT2D eigenvalue weighted by Crippen LogP contribution is 2.37. The predicted octanol–water partition coefficient (Wildman–Crippen LogP) is 1.34. The first-order valence-corrected chi connectivity index (χ1v) is 8.36. The molecule has 1 N–H and O–H groups in total. The van der Waals surface area contributed by atoms with Gasteiger partial charge in [-0.05, 0) is 36.8 Å². The summed E-state index contributed by atoms with van der Waals surface area (Å²) in [5, 5.41) is 2.98. The Labute approximate surface area is 131 Å². The van der Waals surface area contributed by atoms with Crippen molar-refractivity contribution in [3.8, 4) is 0 Å². The zero-order valence-electron chi connectivity index (χ0n) is 12.8. The van der Waals surface area contributed by atoms with Gasteiger partial charge in [0.15, 0.2) is 0 Å². The van der Waals surface area contributed by atoms with Crippen LogP contribution in [-0.4, -0.2) is 47.1 Å². The Hall–Kier alpha value is -1.46. The number of nitrogens with one attached hydrogen (secondary N) is 1. The number of aromatic nitrogens is 1. The zero-order chi connectivity index (χ0) is 14.9. The summed E-state index contributed by atoms with van der Waals surface area (Å²) in [6, 6.07) is 4.30. The highest BCUT2D eigenvalue weighted by atomic mass is 16.5. The molecule has 2 aliphatic heterocycles. The van der Waals surface area contributed by atoms with Gasteiger partial charge in [-0.15, -0.1) is 0 Å². The minimum Gasteiger partial charge on any atom is -0.363 e. The molecule has 118 valence electrons. The van der Waals surface area contributed by atoms with Crippen LogP contribution in [0.15, 0.2) is 24.5 Å². The maximum absolute atomic E-state index is 12.3. The van der Waals surface area contributed by atoms with E-state index in [2.05, 4.69) is 15.2 Å². The number of carbonyl (C=O) groups is 1. The number of hydrogen-bond acceptors (Lipinski definition) is 4. The molecule has 3 atom stereocenters. The molecule has 22 heavy (non-hydrogen) atoms. The lowest BCUT2D eigenvalue weighted by Gasteiger charge is -2.22. The van der Waals surface area contributed by atoms with Gasteiger partial charge in [0.1, 0.15) is 6.10 Å². The molecule has 5 nitrogen and oxygen atoms in total. The fraction of sp³-hybridized carbons (Fsp3) is 0.647. The lowest BCUT2D eigenvalue weighted by atomic mass is 10.1. The molecule has 0 spiro atoms. The summed E-state index contributed by atoms with van der Waals surface area (Å²) in [6.45, 7) is 2.86. The molecule has 1 saturated carbocycles. The maximum Gasteiger partial charge on any atom is 0.249 e. The number of ether oxygens (including phenoxy) is 1. The third-order valence-electron chi connectivity index (χ3n) is 5.07. The molecule has 5 heteroatoms. The number of amides is 1. The molecule has 4 rings (SSSR count). The van der Waals surface area contributed by atoms with Crippen molar-refractivity contribution >= 4 is 5.91 Å². The second-order valence-electron chi connectivity index (χ2n) is 6.77. The molecule has 2 saturated heterocycles. The molecule has 1 aliphatic carbocycles. The van der Waals surface area contributed by atoms with E-state index in [4.69, 9.17) is 4.74 Å². The molecule has 1 aromatic rings. The molecule has 3 heterocycles. The van der Waals surface area contributed by atoms with Crippen LogP contribution in [0, 0.1) is 5.92 Å². The van der Waals surface area contributed by atoms with Crippen LogP contribution in [-0.2, 0) is 16.1 Å². The van der Waals surface area contributed by atoms with Crippen LogP contribution in [0.2, 0.25) is 0 Å². The molecule has 1 amide bonds. The van der Waals surface area contributed by atoms with Gasteiger partial charge in [-0.2, -0.15) is 0 Å². The first-order chi connectivity index (χ1) is 10.8. The number of nitrogens with zero attached hydrogens (tertiary/aromatic N) is 2. The summed E-state index contributed by atoms with van der Waals surface area (Å²) in [4.78, 5) is 18.9. The van der Waals surface area contributed by atoms with E-state index in [0.717, 1.165) is 30.9 Å². The number of likely N-dealkylation sites (tertiary alicyclic amines) is 1. The predicted molar refractivity (Wildman–Crippen MR) is 82.1 cm³/mol. The quantitative estimate of drug-likeness (QED) is 0.892. The number of rotatable bonds is 5. The third-order valence-corrected chi connectivity index (χ3v) is 5.07. The standard InChI is InChI=1S/C17H23N3O2/c21-17(19-10-13-2-1-6-18-9-13)16-8-14-15(22-16)5-7-20(14)11-12-3-4-12/h1-2,6,9,12,14-16H,3-5,7-8,10-11H2,(H,19,21)/t14-,15-,16+/m0/s1. The Morgan fingerprint density at radius 1 is 1.41 bits per heavy atom. The van der Waals surface area contributed by atoms with Crippen LogP contribution in [0.1, 0.15) is 31.2 Å². The third kappa shape index (κ3) is 3.01. The Kier molecular flexibility index (Phi) is 3.84. The summed E-state index contributed by atoms with van der Waals surface area (Å²) in [5.41, 5.74) is 1.02. The number of pyridine rings is 1. The second kappa shape index (κ2) is 5.97. The molecule has 0 radical (unpaired) electrons. The van der Waals surface area contributed by atoms with Gasteiger partial charge in [0, 0.05) is 44.5 Å². The van der Waals surface area contributed by atoms with E-state index >= 15 is 0 Å². The van der Waals surface area contributed by atoms with Crippen molar-refractivity contribution in [3.63, 3.8) is 0 Å². The normalized spacial score (nSPS) is 31.2. The summed E-state index contributed by atoms with van der Waals surface area (Å²) >= 11 is 0. The van der Waals surface area contributed by atoms with Crippen LogP contribution in [0.3, 0.4) is 0 Å². The first kappa shape index (κ1) is 14.2. The van der Waals surface area contributed by atoms with Gasteiger partial charge >= 0.3 is 0 Å². The molecular formula is C17H23N3O2. The summed E-state index contributed by atoms with van der Waals surface area (Å²) in [5.74, 6) is 0.918. The van der Waals surface area contributed by atoms with E-state index in [0.29, 0.717) is 12.6 Å². The Bertz CT molecular complexity index is 532. The minimum absolute atomic E-state index is 0.0182.